The highest BCUT2D eigenvalue weighted by atomic mass is 16.2. The number of aryl methyl sites for hydroxylation is 1. The molecule has 108 valence electrons. The Morgan fingerprint density at radius 2 is 1.90 bits per heavy atom. The van der Waals surface area contributed by atoms with E-state index in [4.69, 9.17) is 0 Å². The van der Waals surface area contributed by atoms with Crippen LogP contribution in [0.4, 0.5) is 0 Å². The highest BCUT2D eigenvalue weighted by molar-refractivity contribution is 5.85. The molecule has 1 aromatic carbocycles. The van der Waals surface area contributed by atoms with Crippen LogP contribution in [0.5, 0.6) is 0 Å². The maximum atomic E-state index is 12.5. The fourth-order valence-corrected chi connectivity index (χ4v) is 3.08. The Labute approximate surface area is 121 Å². The van der Waals surface area contributed by atoms with Gasteiger partial charge in [-0.25, -0.2) is 0 Å². The Balaban J connectivity index is 1.83. The number of amides is 1. The second kappa shape index (κ2) is 5.57. The van der Waals surface area contributed by atoms with Gasteiger partial charge in [0.2, 0.25) is 5.91 Å². The molecule has 1 aromatic rings. The van der Waals surface area contributed by atoms with Crippen LogP contribution in [0.1, 0.15) is 56.8 Å². The van der Waals surface area contributed by atoms with Crippen molar-refractivity contribution < 1.29 is 4.79 Å². The smallest absolute Gasteiger partial charge is 0.241 e. The average molecular weight is 272 g/mol. The van der Waals surface area contributed by atoms with Crippen molar-refractivity contribution in [3.05, 3.63) is 35.4 Å². The standard InChI is InChI=1S/C17H24N2O/c1-3-5-15-17(20)19(14-10-11-14)16(18-15)13-8-6-12(4-2)7-9-13/h6-9,14-16,18H,3-5,10-11H2,1-2H3. The average Bonchev–Trinajstić information content (AvgIpc) is 3.26. The van der Waals surface area contributed by atoms with Crippen molar-refractivity contribution in [2.24, 2.45) is 0 Å². The van der Waals surface area contributed by atoms with Crippen LogP contribution in [-0.4, -0.2) is 22.9 Å². The van der Waals surface area contributed by atoms with E-state index >= 15 is 0 Å². The van der Waals surface area contributed by atoms with Crippen LogP contribution in [0.15, 0.2) is 24.3 Å². The van der Waals surface area contributed by atoms with E-state index in [0.29, 0.717) is 11.9 Å². The summed E-state index contributed by atoms with van der Waals surface area (Å²) in [6.07, 6.45) is 5.44. The lowest BCUT2D eigenvalue weighted by molar-refractivity contribution is -0.130. The Kier molecular flexibility index (Phi) is 3.79. The number of benzene rings is 1. The number of carbonyl (C=O) groups excluding carboxylic acids is 1. The van der Waals surface area contributed by atoms with E-state index < -0.39 is 0 Å². The molecule has 0 radical (unpaired) electrons. The van der Waals surface area contributed by atoms with Crippen molar-refractivity contribution in [2.75, 3.05) is 0 Å². The summed E-state index contributed by atoms with van der Waals surface area (Å²) in [6, 6.07) is 9.18. The van der Waals surface area contributed by atoms with Crippen LogP contribution in [0.2, 0.25) is 0 Å². The summed E-state index contributed by atoms with van der Waals surface area (Å²) in [5, 5.41) is 3.54. The van der Waals surface area contributed by atoms with Gasteiger partial charge in [0, 0.05) is 6.04 Å². The second-order valence-electron chi connectivity index (χ2n) is 5.98. The molecule has 1 aliphatic heterocycles. The predicted octanol–water partition coefficient (Wildman–Crippen LogP) is 3.01. The lowest BCUT2D eigenvalue weighted by Crippen LogP contribution is -2.33. The van der Waals surface area contributed by atoms with Crippen molar-refractivity contribution >= 4 is 5.91 Å². The van der Waals surface area contributed by atoms with Gasteiger partial charge in [-0.2, -0.15) is 0 Å². The van der Waals surface area contributed by atoms with E-state index in [1.165, 1.54) is 11.1 Å². The first kappa shape index (κ1) is 13.6. The molecule has 1 saturated heterocycles. The number of nitrogens with one attached hydrogen (secondary N) is 1. The van der Waals surface area contributed by atoms with Gasteiger partial charge in [-0.05, 0) is 36.8 Å². The molecule has 1 saturated carbocycles. The van der Waals surface area contributed by atoms with Crippen molar-refractivity contribution in [2.45, 2.75) is 64.2 Å². The number of hydrogen-bond acceptors (Lipinski definition) is 2. The van der Waals surface area contributed by atoms with Gasteiger partial charge in [0.15, 0.2) is 0 Å². The SMILES string of the molecule is CCCC1NC(c2ccc(CC)cc2)N(C2CC2)C1=O. The number of hydrogen-bond donors (Lipinski definition) is 1. The van der Waals surface area contributed by atoms with Crippen LogP contribution in [0.3, 0.4) is 0 Å². The van der Waals surface area contributed by atoms with Crippen molar-refractivity contribution in [3.8, 4) is 0 Å². The highest BCUT2D eigenvalue weighted by Gasteiger charge is 2.46. The summed E-state index contributed by atoms with van der Waals surface area (Å²) in [4.78, 5) is 14.6. The van der Waals surface area contributed by atoms with E-state index in [0.717, 1.165) is 32.1 Å². The lowest BCUT2D eigenvalue weighted by atomic mass is 10.1. The molecule has 0 bridgehead atoms. The molecule has 1 amide bonds. The predicted molar refractivity (Wildman–Crippen MR) is 80.3 cm³/mol. The van der Waals surface area contributed by atoms with Gasteiger partial charge in [-0.15, -0.1) is 0 Å². The fraction of sp³-hybridized carbons (Fsp3) is 0.588. The summed E-state index contributed by atoms with van der Waals surface area (Å²) in [5.41, 5.74) is 2.57. The van der Waals surface area contributed by atoms with Crippen LogP contribution >= 0.6 is 0 Å². The fourth-order valence-electron chi connectivity index (χ4n) is 3.08. The molecule has 1 N–H and O–H groups in total. The molecule has 2 atom stereocenters. The van der Waals surface area contributed by atoms with Crippen molar-refractivity contribution in [1.82, 2.24) is 10.2 Å². The van der Waals surface area contributed by atoms with Gasteiger partial charge in [0.25, 0.3) is 0 Å². The molecule has 0 spiro atoms. The lowest BCUT2D eigenvalue weighted by Gasteiger charge is -2.24. The zero-order chi connectivity index (χ0) is 14.1. The zero-order valence-electron chi connectivity index (χ0n) is 12.4. The minimum Gasteiger partial charge on any atom is -0.319 e. The molecule has 3 nitrogen and oxygen atoms in total. The van der Waals surface area contributed by atoms with Crippen molar-refractivity contribution in [1.29, 1.82) is 0 Å². The largest absolute Gasteiger partial charge is 0.319 e. The Morgan fingerprint density at radius 3 is 2.45 bits per heavy atom. The molecule has 0 aromatic heterocycles. The van der Waals surface area contributed by atoms with Crippen LogP contribution in [-0.2, 0) is 11.2 Å². The third-order valence-electron chi connectivity index (χ3n) is 4.41. The summed E-state index contributed by atoms with van der Waals surface area (Å²) in [5.74, 6) is 0.305. The molecule has 2 unspecified atom stereocenters. The molecular weight excluding hydrogens is 248 g/mol. The topological polar surface area (TPSA) is 32.3 Å². The number of rotatable bonds is 5. The third-order valence-corrected chi connectivity index (χ3v) is 4.41. The first-order valence-electron chi connectivity index (χ1n) is 7.91. The molecule has 3 heteroatoms. The Morgan fingerprint density at radius 1 is 1.20 bits per heavy atom. The minimum absolute atomic E-state index is 0.0106. The molecule has 2 fully saturated rings. The summed E-state index contributed by atoms with van der Waals surface area (Å²) in [7, 11) is 0. The van der Waals surface area contributed by atoms with Gasteiger partial charge in [-0.1, -0.05) is 44.5 Å². The van der Waals surface area contributed by atoms with E-state index in [9.17, 15) is 4.79 Å². The quantitative estimate of drug-likeness (QED) is 0.893. The Bertz CT molecular complexity index is 478. The van der Waals surface area contributed by atoms with E-state index in [1.807, 2.05) is 0 Å². The first-order chi connectivity index (χ1) is 9.74. The number of carbonyl (C=O) groups is 1. The van der Waals surface area contributed by atoms with Crippen LogP contribution in [0.25, 0.3) is 0 Å². The summed E-state index contributed by atoms with van der Waals surface area (Å²) in [6.45, 7) is 4.31. The van der Waals surface area contributed by atoms with Gasteiger partial charge >= 0.3 is 0 Å². The zero-order valence-corrected chi connectivity index (χ0v) is 12.4. The molecular formula is C17H24N2O. The molecule has 3 rings (SSSR count). The maximum Gasteiger partial charge on any atom is 0.241 e. The van der Waals surface area contributed by atoms with Crippen LogP contribution < -0.4 is 5.32 Å². The van der Waals surface area contributed by atoms with E-state index in [2.05, 4.69) is 48.3 Å². The highest BCUT2D eigenvalue weighted by Crippen LogP contribution is 2.37. The van der Waals surface area contributed by atoms with Gasteiger partial charge in [0.05, 0.1) is 6.04 Å². The van der Waals surface area contributed by atoms with Crippen LogP contribution in [0, 0.1) is 0 Å². The maximum absolute atomic E-state index is 12.5. The van der Waals surface area contributed by atoms with Crippen molar-refractivity contribution in [3.63, 3.8) is 0 Å². The molecule has 1 heterocycles. The first-order valence-corrected chi connectivity index (χ1v) is 7.91. The normalized spacial score (nSPS) is 26.3. The second-order valence-corrected chi connectivity index (χ2v) is 5.98. The molecule has 1 aliphatic carbocycles. The molecule has 2 aliphatic rings. The van der Waals surface area contributed by atoms with E-state index in [1.54, 1.807) is 0 Å². The van der Waals surface area contributed by atoms with Gasteiger partial charge in [-0.3, -0.25) is 10.1 Å². The number of nitrogens with zero attached hydrogens (tertiary/aromatic N) is 1. The third kappa shape index (κ3) is 2.47. The summed E-state index contributed by atoms with van der Waals surface area (Å²) >= 11 is 0. The summed E-state index contributed by atoms with van der Waals surface area (Å²) < 4.78 is 0. The van der Waals surface area contributed by atoms with Gasteiger partial charge < -0.3 is 4.90 Å². The molecule has 20 heavy (non-hydrogen) atoms. The van der Waals surface area contributed by atoms with E-state index in [-0.39, 0.29) is 12.2 Å². The van der Waals surface area contributed by atoms with Gasteiger partial charge in [0.1, 0.15) is 6.17 Å². The minimum atomic E-state index is 0.0106. The monoisotopic (exact) mass is 272 g/mol. The Hall–Kier alpha value is -1.35.